The molecule has 0 spiro atoms. The lowest BCUT2D eigenvalue weighted by atomic mass is 10.1. The summed E-state index contributed by atoms with van der Waals surface area (Å²) in [5, 5.41) is 16.4. The maximum Gasteiger partial charge on any atom is 0.237 e. The van der Waals surface area contributed by atoms with Crippen LogP contribution in [-0.4, -0.2) is 43.6 Å². The van der Waals surface area contributed by atoms with Crippen molar-refractivity contribution in [1.82, 2.24) is 30.4 Å². The fourth-order valence-electron chi connectivity index (χ4n) is 3.38. The topological polar surface area (TPSA) is 75.9 Å². The van der Waals surface area contributed by atoms with Crippen LogP contribution in [0.25, 0.3) is 0 Å². The standard InChI is InChI=1S/C18H19FN6OS/c19-14-5-3-13(4-6-14)10-24-11-15(25-12-21-22-23-25)8-17(24)18(26)20-9-16-2-1-7-27-16/h1-7,12,15,17H,8-11H2,(H,20,26)/t15-,17-/m0/s1. The molecule has 0 aliphatic carbocycles. The number of hydrogen-bond acceptors (Lipinski definition) is 6. The third-order valence-electron chi connectivity index (χ3n) is 4.74. The molecule has 3 heterocycles. The summed E-state index contributed by atoms with van der Waals surface area (Å²) in [6, 6.07) is 10.1. The van der Waals surface area contributed by atoms with Gasteiger partial charge in [-0.2, -0.15) is 0 Å². The predicted molar refractivity (Wildman–Crippen MR) is 98.2 cm³/mol. The molecule has 9 heteroatoms. The fraction of sp³-hybridized carbons (Fsp3) is 0.333. The zero-order chi connectivity index (χ0) is 18.6. The van der Waals surface area contributed by atoms with Crippen LogP contribution in [-0.2, 0) is 17.9 Å². The van der Waals surface area contributed by atoms with Gasteiger partial charge in [-0.25, -0.2) is 9.07 Å². The summed E-state index contributed by atoms with van der Waals surface area (Å²) in [7, 11) is 0. The number of carbonyl (C=O) groups excluding carboxylic acids is 1. The molecular formula is C18H19FN6OS. The minimum atomic E-state index is -0.288. The molecule has 4 rings (SSSR count). The Labute approximate surface area is 159 Å². The van der Waals surface area contributed by atoms with Crippen molar-refractivity contribution in [2.75, 3.05) is 6.54 Å². The Bertz CT molecular complexity index is 868. The predicted octanol–water partition coefficient (Wildman–Crippen LogP) is 2.01. The molecule has 27 heavy (non-hydrogen) atoms. The summed E-state index contributed by atoms with van der Waals surface area (Å²) in [4.78, 5) is 16.1. The molecule has 1 fully saturated rings. The summed E-state index contributed by atoms with van der Waals surface area (Å²) < 4.78 is 14.9. The molecule has 1 aliphatic rings. The second-order valence-corrected chi connectivity index (χ2v) is 7.58. The largest absolute Gasteiger partial charge is 0.350 e. The van der Waals surface area contributed by atoms with Crippen LogP contribution in [0.3, 0.4) is 0 Å². The van der Waals surface area contributed by atoms with Crippen LogP contribution in [0.5, 0.6) is 0 Å². The molecular weight excluding hydrogens is 367 g/mol. The second kappa shape index (κ2) is 7.93. The van der Waals surface area contributed by atoms with Crippen molar-refractivity contribution in [2.45, 2.75) is 31.6 Å². The summed E-state index contributed by atoms with van der Waals surface area (Å²) in [6.07, 6.45) is 2.20. The molecule has 0 bridgehead atoms. The van der Waals surface area contributed by atoms with E-state index in [4.69, 9.17) is 0 Å². The SMILES string of the molecule is O=C(NCc1cccs1)[C@@H]1C[C@H](n2cnnn2)CN1Cc1ccc(F)cc1. The number of aromatic nitrogens is 4. The van der Waals surface area contributed by atoms with Crippen LogP contribution in [0.2, 0.25) is 0 Å². The molecule has 140 valence electrons. The summed E-state index contributed by atoms with van der Waals surface area (Å²) in [5.74, 6) is -0.280. The average Bonchev–Trinajstić information content (AvgIpc) is 3.43. The summed E-state index contributed by atoms with van der Waals surface area (Å²) >= 11 is 1.62. The molecule has 2 aromatic heterocycles. The number of hydrogen-bond donors (Lipinski definition) is 1. The van der Waals surface area contributed by atoms with Crippen molar-refractivity contribution in [1.29, 1.82) is 0 Å². The van der Waals surface area contributed by atoms with E-state index < -0.39 is 0 Å². The monoisotopic (exact) mass is 386 g/mol. The molecule has 2 atom stereocenters. The minimum absolute atomic E-state index is 0.0129. The molecule has 1 aromatic carbocycles. The Morgan fingerprint density at radius 3 is 2.85 bits per heavy atom. The van der Waals surface area contributed by atoms with E-state index in [2.05, 4.69) is 25.7 Å². The van der Waals surface area contributed by atoms with Gasteiger partial charge in [0.15, 0.2) is 0 Å². The smallest absolute Gasteiger partial charge is 0.237 e. The molecule has 0 saturated carbocycles. The third-order valence-corrected chi connectivity index (χ3v) is 5.62. The van der Waals surface area contributed by atoms with Crippen molar-refractivity contribution in [3.8, 4) is 0 Å². The van der Waals surface area contributed by atoms with Gasteiger partial charge in [0, 0.05) is 18.0 Å². The lowest BCUT2D eigenvalue weighted by Crippen LogP contribution is -2.42. The number of nitrogens with zero attached hydrogens (tertiary/aromatic N) is 5. The molecule has 7 nitrogen and oxygen atoms in total. The molecule has 1 aliphatic heterocycles. The normalized spacial score (nSPS) is 20.0. The zero-order valence-electron chi connectivity index (χ0n) is 14.5. The first-order valence-electron chi connectivity index (χ1n) is 8.70. The fourth-order valence-corrected chi connectivity index (χ4v) is 4.03. The Balaban J connectivity index is 1.47. The summed E-state index contributed by atoms with van der Waals surface area (Å²) in [6.45, 7) is 1.74. The Hall–Kier alpha value is -2.65. The van der Waals surface area contributed by atoms with Crippen molar-refractivity contribution in [2.24, 2.45) is 0 Å². The van der Waals surface area contributed by atoms with E-state index in [9.17, 15) is 9.18 Å². The highest BCUT2D eigenvalue weighted by atomic mass is 32.1. The maximum absolute atomic E-state index is 13.2. The number of tetrazole rings is 1. The van der Waals surface area contributed by atoms with Gasteiger partial charge >= 0.3 is 0 Å². The van der Waals surface area contributed by atoms with E-state index >= 15 is 0 Å². The van der Waals surface area contributed by atoms with Crippen LogP contribution >= 0.6 is 11.3 Å². The van der Waals surface area contributed by atoms with Gasteiger partial charge in [-0.3, -0.25) is 9.69 Å². The summed E-state index contributed by atoms with van der Waals surface area (Å²) in [5.41, 5.74) is 0.963. The van der Waals surface area contributed by atoms with Gasteiger partial charge in [0.2, 0.25) is 5.91 Å². The van der Waals surface area contributed by atoms with Crippen LogP contribution < -0.4 is 5.32 Å². The second-order valence-electron chi connectivity index (χ2n) is 6.55. The molecule has 3 aromatic rings. The number of likely N-dealkylation sites (tertiary alicyclic amines) is 1. The first kappa shape index (κ1) is 17.7. The van der Waals surface area contributed by atoms with Gasteiger partial charge in [-0.05, 0) is 46.0 Å². The lowest BCUT2D eigenvalue weighted by molar-refractivity contribution is -0.125. The zero-order valence-corrected chi connectivity index (χ0v) is 15.3. The van der Waals surface area contributed by atoms with E-state index in [1.807, 2.05) is 17.5 Å². The first-order valence-corrected chi connectivity index (χ1v) is 9.58. The van der Waals surface area contributed by atoms with Gasteiger partial charge in [-0.1, -0.05) is 18.2 Å². The van der Waals surface area contributed by atoms with E-state index in [1.165, 1.54) is 12.1 Å². The van der Waals surface area contributed by atoms with E-state index in [0.717, 1.165) is 10.4 Å². The Morgan fingerprint density at radius 1 is 1.30 bits per heavy atom. The van der Waals surface area contributed by atoms with Crippen molar-refractivity contribution < 1.29 is 9.18 Å². The van der Waals surface area contributed by atoms with E-state index in [0.29, 0.717) is 26.1 Å². The van der Waals surface area contributed by atoms with Gasteiger partial charge in [-0.15, -0.1) is 16.4 Å². The van der Waals surface area contributed by atoms with Crippen molar-refractivity contribution >= 4 is 17.2 Å². The molecule has 1 N–H and O–H groups in total. The van der Waals surface area contributed by atoms with E-state index in [-0.39, 0.29) is 23.8 Å². The van der Waals surface area contributed by atoms with Crippen LogP contribution in [0.15, 0.2) is 48.1 Å². The first-order chi connectivity index (χ1) is 13.2. The van der Waals surface area contributed by atoms with Gasteiger partial charge < -0.3 is 5.32 Å². The average molecular weight is 386 g/mol. The van der Waals surface area contributed by atoms with Crippen molar-refractivity contribution in [3.63, 3.8) is 0 Å². The van der Waals surface area contributed by atoms with Gasteiger partial charge in [0.25, 0.3) is 0 Å². The number of carbonyl (C=O) groups is 1. The Morgan fingerprint density at radius 2 is 2.15 bits per heavy atom. The number of nitrogens with one attached hydrogen (secondary N) is 1. The quantitative estimate of drug-likeness (QED) is 0.701. The molecule has 0 radical (unpaired) electrons. The minimum Gasteiger partial charge on any atom is -0.350 e. The lowest BCUT2D eigenvalue weighted by Gasteiger charge is -2.23. The molecule has 1 amide bonds. The third kappa shape index (κ3) is 4.20. The number of benzene rings is 1. The van der Waals surface area contributed by atoms with Gasteiger partial charge in [0.1, 0.15) is 12.1 Å². The Kier molecular flexibility index (Phi) is 5.21. The molecule has 1 saturated heterocycles. The van der Waals surface area contributed by atoms with Crippen LogP contribution in [0.1, 0.15) is 22.9 Å². The maximum atomic E-state index is 13.2. The number of halogens is 1. The van der Waals surface area contributed by atoms with E-state index in [1.54, 1.807) is 34.5 Å². The number of thiophene rings is 1. The highest BCUT2D eigenvalue weighted by Crippen LogP contribution is 2.28. The number of amides is 1. The van der Waals surface area contributed by atoms with Gasteiger partial charge in [0.05, 0.1) is 18.6 Å². The highest BCUT2D eigenvalue weighted by molar-refractivity contribution is 7.09. The van der Waals surface area contributed by atoms with Crippen LogP contribution in [0, 0.1) is 5.82 Å². The van der Waals surface area contributed by atoms with Crippen LogP contribution in [0.4, 0.5) is 4.39 Å². The molecule has 0 unspecified atom stereocenters. The highest BCUT2D eigenvalue weighted by Gasteiger charge is 2.38. The number of rotatable bonds is 6. The van der Waals surface area contributed by atoms with Crippen molar-refractivity contribution in [3.05, 3.63) is 64.4 Å².